The van der Waals surface area contributed by atoms with Gasteiger partial charge in [0.2, 0.25) is 0 Å². The Labute approximate surface area is 340 Å². The first-order valence-electron chi connectivity index (χ1n) is 18.9. The number of benzene rings is 4. The van der Waals surface area contributed by atoms with Crippen LogP contribution in [0, 0.1) is 22.7 Å². The van der Waals surface area contributed by atoms with Gasteiger partial charge in [0, 0.05) is 49.1 Å². The van der Waals surface area contributed by atoms with Crippen molar-refractivity contribution in [3.05, 3.63) is 143 Å². The quantitative estimate of drug-likeness (QED) is 0.0429. The first-order chi connectivity index (χ1) is 27.9. The molecule has 0 amide bonds. The SMILES string of the molecule is C=CC(=O)OCCN(CCCO)c1ccc(/C=C(\C#N)C(=O)Oc2ccc(C(C)(C)c3ccc(OC(=O)/C(C#N)=C/c4ccc(N(CC)CC)cc4)cc3)cc2)cc1. The highest BCUT2D eigenvalue weighted by Crippen LogP contribution is 2.34. The second-order valence-corrected chi connectivity index (χ2v) is 13.6. The lowest BCUT2D eigenvalue weighted by atomic mass is 9.78. The molecule has 4 aromatic rings. The maximum Gasteiger partial charge on any atom is 0.354 e. The standard InChI is InChI=1S/C47H48N4O7/c1-6-44(53)56-29-27-51(26-9-28-52)41-20-12-35(13-21-41)31-37(33-49)46(55)58-43-24-16-39(17-25-43)47(4,5)38-14-22-42(23-15-38)57-45(54)36(32-48)30-34-10-18-40(19-11-34)50(7-2)8-3/h6,10-25,30-31,52H,1,7-9,26-29H2,2-5H3/b36-30+,37-31+. The van der Waals surface area contributed by atoms with Gasteiger partial charge >= 0.3 is 17.9 Å². The van der Waals surface area contributed by atoms with Gasteiger partial charge in [-0.15, -0.1) is 0 Å². The van der Waals surface area contributed by atoms with Gasteiger partial charge < -0.3 is 29.1 Å². The van der Waals surface area contributed by atoms with Gasteiger partial charge in [0.1, 0.15) is 41.4 Å². The Morgan fingerprint density at radius 3 is 1.50 bits per heavy atom. The first kappa shape index (κ1) is 43.8. The highest BCUT2D eigenvalue weighted by Gasteiger charge is 2.24. The number of nitrogens with zero attached hydrogens (tertiary/aromatic N) is 4. The third kappa shape index (κ3) is 12.0. The van der Waals surface area contributed by atoms with E-state index in [0.717, 1.165) is 41.7 Å². The molecule has 58 heavy (non-hydrogen) atoms. The average molecular weight is 781 g/mol. The molecule has 0 aliphatic rings. The summed E-state index contributed by atoms with van der Waals surface area (Å²) in [6.45, 7) is 14.5. The number of rotatable bonds is 19. The number of carbonyl (C=O) groups excluding carboxylic acids is 3. The smallest absolute Gasteiger partial charge is 0.354 e. The summed E-state index contributed by atoms with van der Waals surface area (Å²) in [5.74, 6) is -1.51. The zero-order chi connectivity index (χ0) is 42.1. The van der Waals surface area contributed by atoms with Crippen molar-refractivity contribution in [2.75, 3.05) is 49.2 Å². The Hall–Kier alpha value is -6.95. The largest absolute Gasteiger partial charge is 0.461 e. The molecule has 11 heteroatoms. The molecule has 0 bridgehead atoms. The van der Waals surface area contributed by atoms with Crippen molar-refractivity contribution in [3.63, 3.8) is 0 Å². The van der Waals surface area contributed by atoms with Crippen LogP contribution in [0.4, 0.5) is 11.4 Å². The van der Waals surface area contributed by atoms with Gasteiger partial charge in [-0.25, -0.2) is 14.4 Å². The van der Waals surface area contributed by atoms with E-state index in [-0.39, 0.29) is 30.1 Å². The van der Waals surface area contributed by atoms with E-state index < -0.39 is 23.3 Å². The number of aliphatic hydroxyl groups excluding tert-OH is 1. The summed E-state index contributed by atoms with van der Waals surface area (Å²) in [7, 11) is 0. The molecule has 0 fully saturated rings. The van der Waals surface area contributed by atoms with Gasteiger partial charge in [-0.05, 0) is 103 Å². The molecule has 4 rings (SSSR count). The van der Waals surface area contributed by atoms with Crippen LogP contribution in [0.2, 0.25) is 0 Å². The van der Waals surface area contributed by atoms with Gasteiger partial charge in [-0.3, -0.25) is 0 Å². The number of hydrogen-bond donors (Lipinski definition) is 1. The summed E-state index contributed by atoms with van der Waals surface area (Å²) < 4.78 is 16.2. The van der Waals surface area contributed by atoms with Gasteiger partial charge in [0.15, 0.2) is 0 Å². The summed E-state index contributed by atoms with van der Waals surface area (Å²) in [4.78, 5) is 41.5. The van der Waals surface area contributed by atoms with Crippen molar-refractivity contribution < 1.29 is 33.7 Å². The van der Waals surface area contributed by atoms with E-state index in [1.54, 1.807) is 36.4 Å². The lowest BCUT2D eigenvalue weighted by Gasteiger charge is -2.26. The highest BCUT2D eigenvalue weighted by molar-refractivity contribution is 5.99. The van der Waals surface area contributed by atoms with E-state index in [2.05, 4.69) is 25.3 Å². The number of ether oxygens (including phenoxy) is 3. The van der Waals surface area contributed by atoms with Crippen LogP contribution in [0.3, 0.4) is 0 Å². The average Bonchev–Trinajstić information content (AvgIpc) is 3.24. The van der Waals surface area contributed by atoms with Gasteiger partial charge in [-0.2, -0.15) is 10.5 Å². The van der Waals surface area contributed by atoms with Crippen molar-refractivity contribution in [2.45, 2.75) is 39.5 Å². The summed E-state index contributed by atoms with van der Waals surface area (Å²) in [6.07, 6.45) is 4.57. The summed E-state index contributed by atoms with van der Waals surface area (Å²) >= 11 is 0. The van der Waals surface area contributed by atoms with Crippen LogP contribution in [0.1, 0.15) is 56.4 Å². The van der Waals surface area contributed by atoms with E-state index in [1.165, 1.54) is 12.2 Å². The minimum atomic E-state index is -0.806. The second kappa shape index (κ2) is 21.4. The molecule has 4 aromatic carbocycles. The van der Waals surface area contributed by atoms with Crippen LogP contribution in [0.5, 0.6) is 11.5 Å². The molecule has 0 saturated carbocycles. The maximum absolute atomic E-state index is 13.0. The Balaban J connectivity index is 1.37. The summed E-state index contributed by atoms with van der Waals surface area (Å²) in [6, 6.07) is 32.7. The van der Waals surface area contributed by atoms with Crippen LogP contribution >= 0.6 is 0 Å². The zero-order valence-electron chi connectivity index (χ0n) is 33.3. The second-order valence-electron chi connectivity index (χ2n) is 13.6. The number of aliphatic hydroxyl groups is 1. The number of anilines is 2. The lowest BCUT2D eigenvalue weighted by Crippen LogP contribution is -2.29. The fraction of sp³-hybridized carbons (Fsp3) is 0.255. The van der Waals surface area contributed by atoms with Crippen molar-refractivity contribution in [1.82, 2.24) is 0 Å². The highest BCUT2D eigenvalue weighted by atomic mass is 16.5. The fourth-order valence-electron chi connectivity index (χ4n) is 6.08. The van der Waals surface area contributed by atoms with Crippen LogP contribution in [-0.4, -0.2) is 62.4 Å². The number of nitriles is 2. The normalized spacial score (nSPS) is 11.4. The van der Waals surface area contributed by atoms with Crippen LogP contribution in [0.25, 0.3) is 12.2 Å². The Kier molecular flexibility index (Phi) is 16.1. The van der Waals surface area contributed by atoms with E-state index in [1.807, 2.05) is 91.5 Å². The molecular weight excluding hydrogens is 733 g/mol. The molecule has 298 valence electrons. The first-order valence-corrected chi connectivity index (χ1v) is 18.9. The fourth-order valence-corrected chi connectivity index (χ4v) is 6.08. The predicted octanol–water partition coefficient (Wildman–Crippen LogP) is 7.80. The van der Waals surface area contributed by atoms with E-state index in [4.69, 9.17) is 14.2 Å². The van der Waals surface area contributed by atoms with Crippen LogP contribution in [-0.2, 0) is 24.5 Å². The predicted molar refractivity (Wildman–Crippen MR) is 225 cm³/mol. The molecule has 0 aliphatic heterocycles. The van der Waals surface area contributed by atoms with Gasteiger partial charge in [0.25, 0.3) is 0 Å². The van der Waals surface area contributed by atoms with E-state index in [0.29, 0.717) is 36.4 Å². The molecule has 0 heterocycles. The van der Waals surface area contributed by atoms with Crippen molar-refractivity contribution in [3.8, 4) is 23.6 Å². The minimum Gasteiger partial charge on any atom is -0.461 e. The van der Waals surface area contributed by atoms with E-state index >= 15 is 0 Å². The van der Waals surface area contributed by atoms with Crippen LogP contribution < -0.4 is 19.3 Å². The molecule has 0 unspecified atom stereocenters. The molecular formula is C47H48N4O7. The lowest BCUT2D eigenvalue weighted by molar-refractivity contribution is -0.137. The molecule has 0 aliphatic carbocycles. The van der Waals surface area contributed by atoms with Gasteiger partial charge in [-0.1, -0.05) is 69.0 Å². The summed E-state index contributed by atoms with van der Waals surface area (Å²) in [5, 5.41) is 28.8. The topological polar surface area (TPSA) is 153 Å². The number of hydrogen-bond acceptors (Lipinski definition) is 11. The number of carbonyl (C=O) groups is 3. The molecule has 11 nitrogen and oxygen atoms in total. The zero-order valence-corrected chi connectivity index (χ0v) is 33.3. The molecule has 0 saturated heterocycles. The third-order valence-electron chi connectivity index (χ3n) is 9.51. The van der Waals surface area contributed by atoms with Crippen molar-refractivity contribution in [1.29, 1.82) is 10.5 Å². The number of esters is 3. The van der Waals surface area contributed by atoms with Gasteiger partial charge in [0.05, 0.1) is 6.54 Å². The molecule has 0 aromatic heterocycles. The third-order valence-corrected chi connectivity index (χ3v) is 9.51. The molecule has 0 spiro atoms. The minimum absolute atomic E-state index is 0.00545. The molecule has 0 atom stereocenters. The molecule has 0 radical (unpaired) electrons. The monoisotopic (exact) mass is 780 g/mol. The van der Waals surface area contributed by atoms with Crippen molar-refractivity contribution >= 4 is 41.4 Å². The summed E-state index contributed by atoms with van der Waals surface area (Å²) in [5.41, 5.74) is 4.25. The maximum atomic E-state index is 13.0. The Morgan fingerprint density at radius 2 is 1.12 bits per heavy atom. The van der Waals surface area contributed by atoms with Crippen LogP contribution in [0.15, 0.2) is 121 Å². The van der Waals surface area contributed by atoms with Crippen molar-refractivity contribution in [2.24, 2.45) is 0 Å². The van der Waals surface area contributed by atoms with E-state index in [9.17, 15) is 30.0 Å². The molecule has 1 N–H and O–H groups in total. The Morgan fingerprint density at radius 1 is 0.690 bits per heavy atom. The Bertz CT molecular complexity index is 2170.